The first-order valence-corrected chi connectivity index (χ1v) is 13.1. The smallest absolute Gasteiger partial charge is 0.275 e. The first-order chi connectivity index (χ1) is 16.0. The van der Waals surface area contributed by atoms with Gasteiger partial charge in [-0.3, -0.25) is 9.59 Å². The average molecular weight is 485 g/mol. The van der Waals surface area contributed by atoms with Crippen molar-refractivity contribution in [3.05, 3.63) is 51.9 Å². The van der Waals surface area contributed by atoms with Crippen molar-refractivity contribution < 1.29 is 9.59 Å². The van der Waals surface area contributed by atoms with Crippen molar-refractivity contribution in [2.24, 2.45) is 0 Å². The molecular weight excluding hydrogens is 456 g/mol. The molecule has 0 unspecified atom stereocenters. The summed E-state index contributed by atoms with van der Waals surface area (Å²) in [5, 5.41) is 10.2. The second kappa shape index (κ2) is 10.5. The largest absolute Gasteiger partial charge is 0.342 e. The van der Waals surface area contributed by atoms with Gasteiger partial charge in [0.25, 0.3) is 5.91 Å². The molecule has 4 rings (SSSR count). The molecule has 174 valence electrons. The fourth-order valence-electron chi connectivity index (χ4n) is 3.93. The molecule has 1 saturated heterocycles. The van der Waals surface area contributed by atoms with E-state index in [1.807, 2.05) is 30.9 Å². The maximum absolute atomic E-state index is 12.9. The SMILES string of the molecule is CCSCC(=O)N1CCC(c2nc(C(=O)Nc3cccnc3-n3nc(C)cc3C)cs2)CC1. The van der Waals surface area contributed by atoms with E-state index in [0.29, 0.717) is 23.0 Å². The zero-order chi connectivity index (χ0) is 23.4. The van der Waals surface area contributed by atoms with Gasteiger partial charge in [-0.2, -0.15) is 16.9 Å². The topological polar surface area (TPSA) is 93.0 Å². The lowest BCUT2D eigenvalue weighted by Gasteiger charge is -2.31. The number of aromatic nitrogens is 4. The van der Waals surface area contributed by atoms with Crippen LogP contribution in [0.5, 0.6) is 0 Å². The summed E-state index contributed by atoms with van der Waals surface area (Å²) in [4.78, 5) is 36.2. The third-order valence-corrected chi connectivity index (χ3v) is 7.49. The van der Waals surface area contributed by atoms with Gasteiger partial charge in [0.15, 0.2) is 5.82 Å². The van der Waals surface area contributed by atoms with Crippen LogP contribution in [-0.4, -0.2) is 61.1 Å². The lowest BCUT2D eigenvalue weighted by molar-refractivity contribution is -0.129. The number of hydrogen-bond donors (Lipinski definition) is 1. The minimum absolute atomic E-state index is 0.217. The first kappa shape index (κ1) is 23.4. The maximum Gasteiger partial charge on any atom is 0.275 e. The van der Waals surface area contributed by atoms with E-state index in [2.05, 4.69) is 27.3 Å². The number of aryl methyl sites for hydroxylation is 2. The van der Waals surface area contributed by atoms with Gasteiger partial charge in [-0.05, 0) is 50.6 Å². The van der Waals surface area contributed by atoms with Gasteiger partial charge in [0.2, 0.25) is 5.91 Å². The fraction of sp³-hybridized carbons (Fsp3) is 0.435. The molecule has 10 heteroatoms. The van der Waals surface area contributed by atoms with Gasteiger partial charge in [0, 0.05) is 36.3 Å². The number of amides is 2. The van der Waals surface area contributed by atoms with E-state index in [1.165, 1.54) is 11.3 Å². The number of thiazole rings is 1. The van der Waals surface area contributed by atoms with E-state index >= 15 is 0 Å². The number of rotatable bonds is 7. The van der Waals surface area contributed by atoms with E-state index in [4.69, 9.17) is 0 Å². The van der Waals surface area contributed by atoms with Crippen LogP contribution in [0.3, 0.4) is 0 Å². The Morgan fingerprint density at radius 3 is 2.76 bits per heavy atom. The summed E-state index contributed by atoms with van der Waals surface area (Å²) in [6.07, 6.45) is 3.43. The summed E-state index contributed by atoms with van der Waals surface area (Å²) in [5.41, 5.74) is 2.81. The van der Waals surface area contributed by atoms with Crippen LogP contribution >= 0.6 is 23.1 Å². The molecule has 0 bridgehead atoms. The standard InChI is InChI=1S/C23H28N6O2S2/c1-4-32-14-20(30)28-10-7-17(8-11-28)23-26-19(13-33-23)22(31)25-18-6-5-9-24-21(18)29-16(3)12-15(2)27-29/h5-6,9,12-13,17H,4,7-8,10-11,14H2,1-3H3,(H,25,31). The molecule has 0 saturated carbocycles. The predicted octanol–water partition coefficient (Wildman–Crippen LogP) is 4.05. The van der Waals surface area contributed by atoms with Crippen molar-refractivity contribution in [3.8, 4) is 5.82 Å². The van der Waals surface area contributed by atoms with Crippen molar-refractivity contribution in [1.82, 2.24) is 24.6 Å². The van der Waals surface area contributed by atoms with Gasteiger partial charge in [-0.25, -0.2) is 14.6 Å². The van der Waals surface area contributed by atoms with Gasteiger partial charge in [-0.1, -0.05) is 6.92 Å². The number of pyridine rings is 1. The molecule has 4 heterocycles. The third-order valence-electron chi connectivity index (χ3n) is 5.63. The highest BCUT2D eigenvalue weighted by molar-refractivity contribution is 7.99. The fourth-order valence-corrected chi connectivity index (χ4v) is 5.46. The van der Waals surface area contributed by atoms with E-state index in [0.717, 1.165) is 48.1 Å². The Bertz CT molecular complexity index is 1130. The van der Waals surface area contributed by atoms with Crippen molar-refractivity contribution in [1.29, 1.82) is 0 Å². The van der Waals surface area contributed by atoms with E-state index in [9.17, 15) is 9.59 Å². The Labute approximate surface area is 201 Å². The summed E-state index contributed by atoms with van der Waals surface area (Å²) in [6, 6.07) is 5.56. The quantitative estimate of drug-likeness (QED) is 0.544. The lowest BCUT2D eigenvalue weighted by Crippen LogP contribution is -2.39. The predicted molar refractivity (Wildman–Crippen MR) is 132 cm³/mol. The zero-order valence-corrected chi connectivity index (χ0v) is 20.7. The van der Waals surface area contributed by atoms with Crippen molar-refractivity contribution in [3.63, 3.8) is 0 Å². The molecule has 0 atom stereocenters. The Hall–Kier alpha value is -2.72. The average Bonchev–Trinajstić information content (AvgIpc) is 3.44. The number of nitrogens with zero attached hydrogens (tertiary/aromatic N) is 5. The molecule has 1 aliphatic rings. The minimum Gasteiger partial charge on any atom is -0.342 e. The minimum atomic E-state index is -0.266. The second-order valence-corrected chi connectivity index (χ2v) is 10.2. The van der Waals surface area contributed by atoms with Gasteiger partial charge < -0.3 is 10.2 Å². The van der Waals surface area contributed by atoms with Crippen LogP contribution in [0.1, 0.15) is 52.6 Å². The molecule has 0 radical (unpaired) electrons. The molecule has 1 N–H and O–H groups in total. The van der Waals surface area contributed by atoms with Gasteiger partial charge in [-0.15, -0.1) is 11.3 Å². The summed E-state index contributed by atoms with van der Waals surface area (Å²) >= 11 is 3.17. The highest BCUT2D eigenvalue weighted by atomic mass is 32.2. The summed E-state index contributed by atoms with van der Waals surface area (Å²) < 4.78 is 1.73. The molecule has 1 aliphatic heterocycles. The molecule has 0 spiro atoms. The van der Waals surface area contributed by atoms with Gasteiger partial charge in [0.05, 0.1) is 22.1 Å². The second-order valence-electron chi connectivity index (χ2n) is 8.03. The van der Waals surface area contributed by atoms with Crippen LogP contribution in [0.4, 0.5) is 5.69 Å². The third kappa shape index (κ3) is 5.44. The number of nitrogens with one attached hydrogen (secondary N) is 1. The van der Waals surface area contributed by atoms with Crippen molar-refractivity contribution >= 4 is 40.6 Å². The monoisotopic (exact) mass is 484 g/mol. The first-order valence-electron chi connectivity index (χ1n) is 11.1. The van der Waals surface area contributed by atoms with Crippen molar-refractivity contribution in [2.75, 3.05) is 29.9 Å². The summed E-state index contributed by atoms with van der Waals surface area (Å²) in [6.45, 7) is 7.43. The number of likely N-dealkylation sites (tertiary alicyclic amines) is 1. The van der Waals surface area contributed by atoms with Crippen LogP contribution in [0.2, 0.25) is 0 Å². The Morgan fingerprint density at radius 1 is 1.27 bits per heavy atom. The molecule has 8 nitrogen and oxygen atoms in total. The Kier molecular flexibility index (Phi) is 7.44. The normalized spacial score (nSPS) is 14.5. The summed E-state index contributed by atoms with van der Waals surface area (Å²) in [7, 11) is 0. The molecule has 33 heavy (non-hydrogen) atoms. The van der Waals surface area contributed by atoms with E-state index in [-0.39, 0.29) is 17.7 Å². The number of thioether (sulfide) groups is 1. The Morgan fingerprint density at radius 2 is 2.06 bits per heavy atom. The number of carbonyl (C=O) groups excluding carboxylic acids is 2. The molecule has 0 aliphatic carbocycles. The molecule has 3 aromatic heterocycles. The molecule has 1 fully saturated rings. The lowest BCUT2D eigenvalue weighted by atomic mass is 9.97. The molecule has 3 aromatic rings. The van der Waals surface area contributed by atoms with Crippen molar-refractivity contribution in [2.45, 2.75) is 39.5 Å². The highest BCUT2D eigenvalue weighted by Crippen LogP contribution is 2.31. The Balaban J connectivity index is 1.41. The van der Waals surface area contributed by atoms with E-state index in [1.54, 1.807) is 34.1 Å². The van der Waals surface area contributed by atoms with E-state index < -0.39 is 0 Å². The zero-order valence-electron chi connectivity index (χ0n) is 19.1. The van der Waals surface area contributed by atoms with Crippen LogP contribution in [0.25, 0.3) is 5.82 Å². The van der Waals surface area contributed by atoms with Gasteiger partial charge >= 0.3 is 0 Å². The summed E-state index contributed by atoms with van der Waals surface area (Å²) in [5.74, 6) is 2.31. The number of carbonyl (C=O) groups is 2. The van der Waals surface area contributed by atoms with Crippen LogP contribution < -0.4 is 5.32 Å². The van der Waals surface area contributed by atoms with Crippen LogP contribution in [0.15, 0.2) is 29.8 Å². The molecular formula is C23H28N6O2S2. The van der Waals surface area contributed by atoms with Crippen LogP contribution in [0, 0.1) is 13.8 Å². The number of anilines is 1. The number of piperidine rings is 1. The van der Waals surface area contributed by atoms with Gasteiger partial charge in [0.1, 0.15) is 5.69 Å². The maximum atomic E-state index is 12.9. The molecule has 2 amide bonds. The van der Waals surface area contributed by atoms with Crippen LogP contribution in [-0.2, 0) is 4.79 Å². The highest BCUT2D eigenvalue weighted by Gasteiger charge is 2.26. The molecule has 0 aromatic carbocycles. The number of hydrogen-bond acceptors (Lipinski definition) is 7.